The Morgan fingerprint density at radius 1 is 0.973 bits per heavy atom. The van der Waals surface area contributed by atoms with Crippen LogP contribution >= 0.6 is 0 Å². The van der Waals surface area contributed by atoms with Gasteiger partial charge >= 0.3 is 6.18 Å². The van der Waals surface area contributed by atoms with Crippen LogP contribution in [0.4, 0.5) is 18.9 Å². The van der Waals surface area contributed by atoms with Crippen LogP contribution in [0.15, 0.2) is 73.2 Å². The Hall–Kier alpha value is -4.00. The van der Waals surface area contributed by atoms with Crippen molar-refractivity contribution in [2.24, 2.45) is 0 Å². The topological polar surface area (TPSA) is 95.3 Å². The van der Waals surface area contributed by atoms with Gasteiger partial charge in [0.2, 0.25) is 15.9 Å². The Morgan fingerprint density at radius 2 is 1.73 bits per heavy atom. The van der Waals surface area contributed by atoms with Crippen molar-refractivity contribution >= 4 is 23.7 Å². The summed E-state index contributed by atoms with van der Waals surface area (Å²) in [5.41, 5.74) is 1.58. The summed E-state index contributed by atoms with van der Waals surface area (Å²) in [6.07, 6.45) is 1.11. The van der Waals surface area contributed by atoms with Gasteiger partial charge in [0, 0.05) is 23.5 Å². The van der Waals surface area contributed by atoms with E-state index in [9.17, 15) is 21.6 Å². The molecule has 0 aliphatic heterocycles. The van der Waals surface area contributed by atoms with E-state index >= 15 is 0 Å². The maximum absolute atomic E-state index is 13.0. The Kier molecular flexibility index (Phi) is 7.44. The second-order valence-corrected chi connectivity index (χ2v) is 9.83. The van der Waals surface area contributed by atoms with Gasteiger partial charge in [-0.25, -0.2) is 13.4 Å². The Labute approximate surface area is 212 Å². The number of nitrogens with zero attached hydrogens (tertiary/aromatic N) is 3. The van der Waals surface area contributed by atoms with Gasteiger partial charge in [-0.15, -0.1) is 0 Å². The van der Waals surface area contributed by atoms with Crippen LogP contribution in [0.25, 0.3) is 11.1 Å². The fourth-order valence-electron chi connectivity index (χ4n) is 3.37. The van der Waals surface area contributed by atoms with Crippen LogP contribution in [0.5, 0.6) is 11.6 Å². The third-order valence-corrected chi connectivity index (χ3v) is 5.59. The molecule has 2 aromatic heterocycles. The third-order valence-electron chi connectivity index (χ3n) is 5.00. The highest BCUT2D eigenvalue weighted by atomic mass is 32.2. The van der Waals surface area contributed by atoms with Gasteiger partial charge in [0.25, 0.3) is 7.98 Å². The zero-order chi connectivity index (χ0) is 26.6. The summed E-state index contributed by atoms with van der Waals surface area (Å²) in [5, 5.41) is 3.84. The maximum atomic E-state index is 13.0. The molecule has 4 rings (SSSR count). The quantitative estimate of drug-likeness (QED) is 0.323. The largest absolute Gasteiger partial charge is 0.489 e. The predicted molar refractivity (Wildman–Crippen MR) is 132 cm³/mol. The van der Waals surface area contributed by atoms with Crippen LogP contribution in [-0.4, -0.2) is 37.3 Å². The highest BCUT2D eigenvalue weighted by molar-refractivity contribution is 7.92. The molecule has 0 spiro atoms. The second-order valence-electron chi connectivity index (χ2n) is 8.08. The average Bonchev–Trinajstić information content (AvgIpc) is 3.26. The summed E-state index contributed by atoms with van der Waals surface area (Å²) in [5.74, 6) is 0.461. The fraction of sp³-hybridized carbons (Fsp3) is 0.167. The van der Waals surface area contributed by atoms with E-state index in [1.807, 2.05) is 0 Å². The van der Waals surface area contributed by atoms with Crippen LogP contribution in [-0.2, 0) is 29.4 Å². The first-order chi connectivity index (χ1) is 17.5. The van der Waals surface area contributed by atoms with Gasteiger partial charge in [-0.3, -0.25) is 4.72 Å². The number of pyridine rings is 1. The molecule has 0 bridgehead atoms. The Bertz CT molecular complexity index is 1510. The van der Waals surface area contributed by atoms with Crippen LogP contribution in [0.3, 0.4) is 0 Å². The zero-order valence-corrected chi connectivity index (χ0v) is 20.3. The first-order valence-corrected chi connectivity index (χ1v) is 12.6. The van der Waals surface area contributed by atoms with Gasteiger partial charge in [0.1, 0.15) is 24.7 Å². The summed E-state index contributed by atoms with van der Waals surface area (Å²) < 4.78 is 77.6. The van der Waals surface area contributed by atoms with Gasteiger partial charge in [-0.05, 0) is 41.5 Å². The van der Waals surface area contributed by atoms with Crippen molar-refractivity contribution in [2.75, 3.05) is 11.0 Å². The molecule has 2 aromatic carbocycles. The summed E-state index contributed by atoms with van der Waals surface area (Å²) >= 11 is 0. The fourth-order valence-corrected chi connectivity index (χ4v) is 3.92. The van der Waals surface area contributed by atoms with Gasteiger partial charge < -0.3 is 14.1 Å². The number of aromatic nitrogens is 3. The van der Waals surface area contributed by atoms with Gasteiger partial charge in [-0.1, -0.05) is 24.3 Å². The van der Waals surface area contributed by atoms with Crippen LogP contribution < -0.4 is 14.2 Å². The second kappa shape index (κ2) is 10.5. The number of halogens is 3. The molecule has 0 atom stereocenters. The molecule has 0 aliphatic rings. The number of hydrogen-bond acceptors (Lipinski definition) is 6. The molecule has 13 heteroatoms. The lowest BCUT2D eigenvalue weighted by Crippen LogP contribution is -2.12. The lowest BCUT2D eigenvalue weighted by Gasteiger charge is -2.13. The van der Waals surface area contributed by atoms with Gasteiger partial charge in [0.15, 0.2) is 0 Å². The summed E-state index contributed by atoms with van der Waals surface area (Å²) in [6, 6.07) is 13.3. The molecule has 4 aromatic rings. The molecule has 2 heterocycles. The molecule has 0 fully saturated rings. The van der Waals surface area contributed by atoms with E-state index in [-0.39, 0.29) is 24.8 Å². The van der Waals surface area contributed by atoms with Crippen molar-refractivity contribution in [3.63, 3.8) is 0 Å². The molecule has 8 nitrogen and oxygen atoms in total. The van der Waals surface area contributed by atoms with E-state index in [4.69, 9.17) is 17.5 Å². The van der Waals surface area contributed by atoms with E-state index in [1.165, 1.54) is 18.5 Å². The summed E-state index contributed by atoms with van der Waals surface area (Å²) in [7, 11) is 1.87. The number of hydrogen-bond donors (Lipinski definition) is 1. The normalized spacial score (nSPS) is 11.8. The summed E-state index contributed by atoms with van der Waals surface area (Å²) in [6.45, 7) is -0.0144. The van der Waals surface area contributed by atoms with Crippen molar-refractivity contribution in [3.8, 4) is 22.8 Å². The Balaban J connectivity index is 1.54. The summed E-state index contributed by atoms with van der Waals surface area (Å²) in [4.78, 5) is 4.26. The molecule has 0 aliphatic carbocycles. The van der Waals surface area contributed by atoms with E-state index in [2.05, 4.69) is 14.8 Å². The molecular weight excluding hydrogens is 508 g/mol. The molecular formula is C24H20BF3N4O4S. The van der Waals surface area contributed by atoms with Crippen molar-refractivity contribution in [1.29, 1.82) is 0 Å². The molecule has 2 radical (unpaired) electrons. The number of sulfonamides is 1. The molecule has 37 heavy (non-hydrogen) atoms. The first kappa shape index (κ1) is 26.1. The van der Waals surface area contributed by atoms with E-state index in [0.29, 0.717) is 28.0 Å². The van der Waals surface area contributed by atoms with Gasteiger partial charge in [-0.2, -0.15) is 18.3 Å². The number of nitrogens with one attached hydrogen (secondary N) is 1. The van der Waals surface area contributed by atoms with Crippen molar-refractivity contribution < 1.29 is 31.1 Å². The van der Waals surface area contributed by atoms with E-state index in [1.54, 1.807) is 42.6 Å². The van der Waals surface area contributed by atoms with E-state index < -0.39 is 21.8 Å². The number of anilines is 1. The highest BCUT2D eigenvalue weighted by Crippen LogP contribution is 2.32. The highest BCUT2D eigenvalue weighted by Gasteiger charge is 2.30. The molecule has 0 amide bonds. The smallest absolute Gasteiger partial charge is 0.416 e. The van der Waals surface area contributed by atoms with Gasteiger partial charge in [0.05, 0.1) is 18.0 Å². The van der Waals surface area contributed by atoms with Crippen molar-refractivity contribution in [3.05, 3.63) is 89.9 Å². The van der Waals surface area contributed by atoms with Crippen LogP contribution in [0.1, 0.15) is 16.7 Å². The molecule has 0 saturated heterocycles. The monoisotopic (exact) mass is 528 g/mol. The third kappa shape index (κ3) is 7.26. The SMILES string of the molecule is [B]n1cc(COc2ncc(-c3cccc(OCc4cccc(C(F)(F)F)c4)c3)cc2NS(C)(=O)=O)cn1. The number of alkyl halides is 3. The lowest BCUT2D eigenvalue weighted by atomic mass is 10.1. The standard InChI is InChI=1S/C24H20BF3N4O4S/c1-37(33,34)31-22-10-19(12-29-23(22)36-15-17-11-30-32(25)13-17)18-5-3-7-21(9-18)35-14-16-4-2-6-20(8-16)24(26,27)28/h2-13,31H,14-15H2,1H3. The minimum atomic E-state index is -4.44. The average molecular weight is 528 g/mol. The number of rotatable bonds is 9. The van der Waals surface area contributed by atoms with Crippen molar-refractivity contribution in [2.45, 2.75) is 19.4 Å². The first-order valence-electron chi connectivity index (χ1n) is 10.7. The van der Waals surface area contributed by atoms with Crippen LogP contribution in [0, 0.1) is 0 Å². The minimum Gasteiger partial charge on any atom is -0.489 e. The minimum absolute atomic E-state index is 0.0518. The molecule has 1 N–H and O–H groups in total. The van der Waals surface area contributed by atoms with E-state index in [0.717, 1.165) is 23.0 Å². The Morgan fingerprint density at radius 3 is 2.43 bits per heavy atom. The molecule has 190 valence electrons. The molecule has 0 saturated carbocycles. The predicted octanol–water partition coefficient (Wildman–Crippen LogP) is 4.43. The maximum Gasteiger partial charge on any atom is 0.416 e. The number of ether oxygens (including phenoxy) is 2. The number of benzene rings is 2. The van der Waals surface area contributed by atoms with Crippen LogP contribution in [0.2, 0.25) is 0 Å². The lowest BCUT2D eigenvalue weighted by molar-refractivity contribution is -0.137. The molecule has 0 unspecified atom stereocenters. The van der Waals surface area contributed by atoms with Crippen molar-refractivity contribution in [1.82, 2.24) is 14.7 Å². The zero-order valence-electron chi connectivity index (χ0n) is 19.4.